The predicted octanol–water partition coefficient (Wildman–Crippen LogP) is 7.97. The van der Waals surface area contributed by atoms with Crippen LogP contribution in [0.1, 0.15) is 6.42 Å². The van der Waals surface area contributed by atoms with Gasteiger partial charge in [0.25, 0.3) is 0 Å². The van der Waals surface area contributed by atoms with Gasteiger partial charge >= 0.3 is 0 Å². The molecule has 0 N–H and O–H groups in total. The predicted molar refractivity (Wildman–Crippen MR) is 192 cm³/mol. The van der Waals surface area contributed by atoms with Crippen molar-refractivity contribution in [1.82, 2.24) is 0 Å². The Labute approximate surface area is 264 Å². The molecular weight excluding hydrogens is 610 g/mol. The summed E-state index contributed by atoms with van der Waals surface area (Å²) in [5.41, 5.74) is 3.93. The molecule has 0 fully saturated rings. The van der Waals surface area contributed by atoms with Gasteiger partial charge in [-0.15, -0.1) is 13.2 Å². The van der Waals surface area contributed by atoms with Gasteiger partial charge < -0.3 is 4.12 Å². The monoisotopic (exact) mass is 656 g/mol. The molecule has 4 aromatic carbocycles. The molecule has 216 valence electrons. The van der Waals surface area contributed by atoms with Gasteiger partial charge in [0.15, 0.2) is 16.6 Å². The number of hydrogen-bond acceptors (Lipinski definition) is 1. The molecule has 0 unspecified atom stereocenters. The molecule has 41 heavy (non-hydrogen) atoms. The molecule has 0 aliphatic carbocycles. The Morgan fingerprint density at radius 3 is 0.976 bits per heavy atom. The molecule has 0 bridgehead atoms. The van der Waals surface area contributed by atoms with Gasteiger partial charge in [-0.3, -0.25) is 0 Å². The van der Waals surface area contributed by atoms with Crippen molar-refractivity contribution in [2.45, 2.75) is 32.6 Å². The van der Waals surface area contributed by atoms with Crippen molar-refractivity contribution >= 4 is 53.7 Å². The zero-order valence-corrected chi connectivity index (χ0v) is 30.1. The van der Waals surface area contributed by atoms with E-state index in [2.05, 4.69) is 161 Å². The van der Waals surface area contributed by atoms with Crippen LogP contribution in [0.3, 0.4) is 0 Å². The fourth-order valence-corrected chi connectivity index (χ4v) is 16.4. The van der Waals surface area contributed by atoms with Crippen LogP contribution in [0.4, 0.5) is 0 Å². The number of rotatable bonds is 12. The van der Waals surface area contributed by atoms with E-state index < -0.39 is 32.5 Å². The normalized spacial score (nSPS) is 11.3. The molecule has 6 heteroatoms. The van der Waals surface area contributed by atoms with Gasteiger partial charge in [-0.25, -0.2) is 0 Å². The van der Waals surface area contributed by atoms with Crippen LogP contribution in [-0.4, -0.2) is 29.0 Å². The average molecular weight is 657 g/mol. The van der Waals surface area contributed by atoms with Crippen molar-refractivity contribution in [3.63, 3.8) is 0 Å². The summed E-state index contributed by atoms with van der Waals surface area (Å²) in [6.45, 7) is 16.2. The van der Waals surface area contributed by atoms with Crippen molar-refractivity contribution in [1.29, 1.82) is 0 Å². The van der Waals surface area contributed by atoms with E-state index in [-0.39, 0.29) is 17.1 Å². The summed E-state index contributed by atoms with van der Waals surface area (Å²) < 4.78 is 5.97. The standard InChI is InChI=1S/C27H26P2.C8H18OSi2.Fe/c1-5-14-24(15-6-1)28(25-16-7-2-8-17-25)22-13-23-29(26-18-9-3-10-19-26)27-20-11-4-12-21-27;1-7-10(3,4)9-11(5,6)8-2;/h1-12,14-21H,13,22-23H2;7-8H,1-2H2,3-6H3;/p+2. The van der Waals surface area contributed by atoms with Gasteiger partial charge in [0, 0.05) is 23.5 Å². The molecule has 0 aliphatic heterocycles. The third kappa shape index (κ3) is 12.1. The summed E-state index contributed by atoms with van der Waals surface area (Å²) in [6, 6.07) is 44.6. The molecule has 1 nitrogen and oxygen atoms in total. The van der Waals surface area contributed by atoms with Crippen molar-refractivity contribution in [3.05, 3.63) is 146 Å². The van der Waals surface area contributed by atoms with Crippen LogP contribution in [0, 0.1) is 0 Å². The Morgan fingerprint density at radius 2 is 0.756 bits per heavy atom. The van der Waals surface area contributed by atoms with Crippen molar-refractivity contribution in [2.75, 3.05) is 12.3 Å². The van der Waals surface area contributed by atoms with Gasteiger partial charge in [0.05, 0.1) is 49.4 Å². The Bertz CT molecular complexity index is 1110. The van der Waals surface area contributed by atoms with Crippen LogP contribution in [0.2, 0.25) is 26.2 Å². The second-order valence-electron chi connectivity index (χ2n) is 11.0. The third-order valence-electron chi connectivity index (χ3n) is 6.85. The van der Waals surface area contributed by atoms with E-state index in [1.54, 1.807) is 0 Å². The minimum absolute atomic E-state index is 0. The van der Waals surface area contributed by atoms with Gasteiger partial charge in [0.1, 0.15) is 0 Å². The molecule has 0 aromatic heterocycles. The van der Waals surface area contributed by atoms with E-state index in [9.17, 15) is 0 Å². The first-order chi connectivity index (χ1) is 19.2. The maximum absolute atomic E-state index is 5.97. The molecule has 0 saturated carbocycles. The van der Waals surface area contributed by atoms with Crippen molar-refractivity contribution < 1.29 is 21.2 Å². The first kappa shape index (κ1) is 35.3. The zero-order valence-electron chi connectivity index (χ0n) is 25.0. The molecule has 0 spiro atoms. The Morgan fingerprint density at radius 1 is 0.512 bits per heavy atom. The second-order valence-corrected chi connectivity index (χ2v) is 24.3. The molecular formula is C35H46FeOP2Si2+2. The molecule has 0 atom stereocenters. The molecule has 4 aromatic rings. The van der Waals surface area contributed by atoms with Crippen LogP contribution < -0.4 is 21.2 Å². The summed E-state index contributed by atoms with van der Waals surface area (Å²) in [5.74, 6) is 0. The van der Waals surface area contributed by atoms with E-state index in [1.807, 2.05) is 11.4 Å². The van der Waals surface area contributed by atoms with Crippen LogP contribution >= 0.6 is 15.8 Å². The summed E-state index contributed by atoms with van der Waals surface area (Å²) in [6.07, 6.45) is 3.84. The summed E-state index contributed by atoms with van der Waals surface area (Å²) in [4.78, 5) is 0. The number of benzene rings is 4. The fraction of sp³-hybridized carbons (Fsp3) is 0.200. The summed E-state index contributed by atoms with van der Waals surface area (Å²) in [5, 5.41) is 6.10. The first-order valence-corrected chi connectivity index (χ1v) is 23.5. The van der Waals surface area contributed by atoms with E-state index in [1.165, 1.54) is 40.0 Å². The largest absolute Gasteiger partial charge is 0.449 e. The fourth-order valence-electron chi connectivity index (χ4n) is 4.67. The molecule has 0 radical (unpaired) electrons. The molecule has 0 heterocycles. The third-order valence-corrected chi connectivity index (χ3v) is 18.9. The van der Waals surface area contributed by atoms with E-state index in [0.717, 1.165) is 0 Å². The van der Waals surface area contributed by atoms with Gasteiger partial charge in [0.2, 0.25) is 0 Å². The summed E-state index contributed by atoms with van der Waals surface area (Å²) >= 11 is 0. The topological polar surface area (TPSA) is 9.23 Å². The van der Waals surface area contributed by atoms with E-state index in [4.69, 9.17) is 4.12 Å². The molecule has 0 amide bonds. The van der Waals surface area contributed by atoms with Gasteiger partial charge in [-0.1, -0.05) is 84.2 Å². The minimum atomic E-state index is -1.58. The Kier molecular flexibility index (Phi) is 15.5. The van der Waals surface area contributed by atoms with Crippen molar-refractivity contribution in [2.24, 2.45) is 0 Å². The molecule has 0 aliphatic rings. The van der Waals surface area contributed by atoms with Crippen LogP contribution in [0.25, 0.3) is 0 Å². The van der Waals surface area contributed by atoms with Gasteiger partial charge in [-0.2, -0.15) is 0 Å². The molecule has 4 rings (SSSR count). The van der Waals surface area contributed by atoms with Crippen LogP contribution in [-0.2, 0) is 21.2 Å². The SMILES string of the molecule is C=C[Si](C)(C)O[Si](C)(C)C=C.[Fe].c1ccc([PH+](CCC[PH+](c2ccccc2)c2ccccc2)c2ccccc2)cc1. The maximum Gasteiger partial charge on any atom is 0.198 e. The maximum atomic E-state index is 5.97. The van der Waals surface area contributed by atoms with Crippen molar-refractivity contribution in [3.8, 4) is 0 Å². The van der Waals surface area contributed by atoms with Crippen LogP contribution in [0.15, 0.2) is 146 Å². The minimum Gasteiger partial charge on any atom is -0.449 e. The van der Waals surface area contributed by atoms with E-state index in [0.29, 0.717) is 0 Å². The second kappa shape index (κ2) is 17.9. The quantitative estimate of drug-likeness (QED) is 0.111. The zero-order chi connectivity index (χ0) is 28.8. The number of hydrogen-bond donors (Lipinski definition) is 0. The first-order valence-electron chi connectivity index (χ1n) is 14.2. The summed E-state index contributed by atoms with van der Waals surface area (Å²) in [7, 11) is -4.64. The van der Waals surface area contributed by atoms with Gasteiger partial charge in [-0.05, 0) is 74.7 Å². The Hall–Kier alpha value is -1.87. The molecule has 0 saturated heterocycles. The average Bonchev–Trinajstić information content (AvgIpc) is 2.99. The smallest absolute Gasteiger partial charge is 0.198 e. The van der Waals surface area contributed by atoms with Crippen LogP contribution in [0.5, 0.6) is 0 Å². The van der Waals surface area contributed by atoms with E-state index >= 15 is 0 Å². The Balaban J connectivity index is 0.000000420.